The van der Waals surface area contributed by atoms with Crippen molar-refractivity contribution >= 4 is 11.9 Å². The minimum absolute atomic E-state index is 0.0960. The molecular formula is C9H20N4O. The van der Waals surface area contributed by atoms with Crippen molar-refractivity contribution in [1.29, 1.82) is 0 Å². The van der Waals surface area contributed by atoms with Gasteiger partial charge in [-0.15, -0.1) is 0 Å². The Morgan fingerprint density at radius 1 is 1.36 bits per heavy atom. The second-order valence-electron chi connectivity index (χ2n) is 2.94. The maximum atomic E-state index is 11.0. The molecule has 14 heavy (non-hydrogen) atoms. The molecule has 5 nitrogen and oxygen atoms in total. The highest BCUT2D eigenvalue weighted by molar-refractivity contribution is 5.83. The van der Waals surface area contributed by atoms with Gasteiger partial charge in [0.05, 0.1) is 0 Å². The monoisotopic (exact) mass is 200 g/mol. The molecule has 0 aliphatic rings. The van der Waals surface area contributed by atoms with E-state index < -0.39 is 0 Å². The summed E-state index contributed by atoms with van der Waals surface area (Å²) in [5.41, 5.74) is 5.52. The molecule has 0 rings (SSSR count). The molecule has 0 aromatic rings. The smallest absolute Gasteiger partial charge is 0.241 e. The lowest BCUT2D eigenvalue weighted by Crippen LogP contribution is -2.34. The summed E-state index contributed by atoms with van der Waals surface area (Å²) in [5.74, 6) is 0.234. The first-order chi connectivity index (χ1) is 6.70. The van der Waals surface area contributed by atoms with Gasteiger partial charge in [-0.1, -0.05) is 13.3 Å². The molecule has 0 heterocycles. The number of hydrogen-bond acceptors (Lipinski definition) is 2. The number of unbranched alkanes of at least 4 members (excludes halogenated alkanes) is 1. The van der Waals surface area contributed by atoms with E-state index in [1.807, 2.05) is 6.92 Å². The van der Waals surface area contributed by atoms with E-state index in [1.165, 1.54) is 0 Å². The normalized spacial score (nSPS) is 11.1. The van der Waals surface area contributed by atoms with Crippen LogP contribution in [-0.4, -0.2) is 31.5 Å². The van der Waals surface area contributed by atoms with Gasteiger partial charge in [-0.25, -0.2) is 4.99 Å². The second-order valence-corrected chi connectivity index (χ2v) is 2.94. The molecule has 0 saturated heterocycles. The summed E-state index contributed by atoms with van der Waals surface area (Å²) < 4.78 is 0. The second kappa shape index (κ2) is 8.34. The summed E-state index contributed by atoms with van der Waals surface area (Å²) in [6.45, 7) is 5.49. The van der Waals surface area contributed by atoms with Gasteiger partial charge in [0.15, 0.2) is 5.96 Å². The molecule has 5 heteroatoms. The van der Waals surface area contributed by atoms with Crippen LogP contribution in [0.1, 0.15) is 26.7 Å². The van der Waals surface area contributed by atoms with Crippen LogP contribution < -0.4 is 16.4 Å². The maximum Gasteiger partial charge on any atom is 0.241 e. The van der Waals surface area contributed by atoms with E-state index >= 15 is 0 Å². The summed E-state index contributed by atoms with van der Waals surface area (Å²) in [6.07, 6.45) is 2.16. The molecular weight excluding hydrogens is 180 g/mol. The van der Waals surface area contributed by atoms with Crippen LogP contribution in [0.2, 0.25) is 0 Å². The zero-order valence-corrected chi connectivity index (χ0v) is 8.97. The lowest BCUT2D eigenvalue weighted by molar-refractivity contribution is -0.119. The topological polar surface area (TPSA) is 79.5 Å². The van der Waals surface area contributed by atoms with Crippen molar-refractivity contribution in [1.82, 2.24) is 10.6 Å². The summed E-state index contributed by atoms with van der Waals surface area (Å²) in [6, 6.07) is 0. The lowest BCUT2D eigenvalue weighted by Gasteiger charge is -2.04. The number of rotatable bonds is 6. The van der Waals surface area contributed by atoms with E-state index in [0.717, 1.165) is 19.4 Å². The fourth-order valence-electron chi connectivity index (χ4n) is 0.859. The van der Waals surface area contributed by atoms with E-state index in [1.54, 1.807) is 0 Å². The van der Waals surface area contributed by atoms with Gasteiger partial charge in [-0.05, 0) is 13.3 Å². The Morgan fingerprint density at radius 3 is 2.64 bits per heavy atom. The SMILES string of the molecule is CCCCNC(N)=NCC(=O)NCC. The molecule has 0 spiro atoms. The Labute approximate surface area is 85.2 Å². The number of amides is 1. The third-order valence-electron chi connectivity index (χ3n) is 1.60. The van der Waals surface area contributed by atoms with Gasteiger partial charge in [-0.2, -0.15) is 0 Å². The molecule has 0 aromatic carbocycles. The lowest BCUT2D eigenvalue weighted by atomic mass is 10.3. The number of aliphatic imine (C=N–C) groups is 1. The highest BCUT2D eigenvalue weighted by Crippen LogP contribution is 1.81. The molecule has 0 aliphatic heterocycles. The third-order valence-corrected chi connectivity index (χ3v) is 1.60. The Balaban J connectivity index is 3.59. The molecule has 0 saturated carbocycles. The number of hydrogen-bond donors (Lipinski definition) is 3. The van der Waals surface area contributed by atoms with Crippen LogP contribution in [0.3, 0.4) is 0 Å². The molecule has 82 valence electrons. The van der Waals surface area contributed by atoms with Crippen molar-refractivity contribution in [2.24, 2.45) is 10.7 Å². The highest BCUT2D eigenvalue weighted by Gasteiger charge is 1.97. The molecule has 0 bridgehead atoms. The summed E-state index contributed by atoms with van der Waals surface area (Å²) >= 11 is 0. The zero-order valence-electron chi connectivity index (χ0n) is 8.97. The van der Waals surface area contributed by atoms with E-state index in [2.05, 4.69) is 22.5 Å². The number of carbonyl (C=O) groups excluding carboxylic acids is 1. The molecule has 0 atom stereocenters. The largest absolute Gasteiger partial charge is 0.370 e. The number of nitrogens with zero attached hydrogens (tertiary/aromatic N) is 1. The number of nitrogens with one attached hydrogen (secondary N) is 2. The van der Waals surface area contributed by atoms with Crippen LogP contribution in [-0.2, 0) is 4.79 Å². The van der Waals surface area contributed by atoms with Gasteiger partial charge >= 0.3 is 0 Å². The molecule has 0 unspecified atom stereocenters. The molecule has 0 aromatic heterocycles. The van der Waals surface area contributed by atoms with Crippen molar-refractivity contribution in [2.45, 2.75) is 26.7 Å². The van der Waals surface area contributed by atoms with Gasteiger partial charge in [-0.3, -0.25) is 4.79 Å². The maximum absolute atomic E-state index is 11.0. The standard InChI is InChI=1S/C9H20N4O/c1-3-5-6-12-9(10)13-7-8(14)11-4-2/h3-7H2,1-2H3,(H,11,14)(H3,10,12,13). The van der Waals surface area contributed by atoms with E-state index in [9.17, 15) is 4.79 Å². The fraction of sp³-hybridized carbons (Fsp3) is 0.778. The molecule has 1 amide bonds. The molecule has 4 N–H and O–H groups in total. The predicted octanol–water partition coefficient (Wildman–Crippen LogP) is -0.173. The van der Waals surface area contributed by atoms with Crippen LogP contribution in [0.4, 0.5) is 0 Å². The van der Waals surface area contributed by atoms with Crippen molar-refractivity contribution < 1.29 is 4.79 Å². The number of carbonyl (C=O) groups is 1. The average molecular weight is 200 g/mol. The van der Waals surface area contributed by atoms with Crippen LogP contribution in [0.5, 0.6) is 0 Å². The molecule has 0 radical (unpaired) electrons. The summed E-state index contributed by atoms with van der Waals surface area (Å²) in [7, 11) is 0. The number of guanidine groups is 1. The Hall–Kier alpha value is -1.26. The Bertz CT molecular complexity index is 191. The van der Waals surface area contributed by atoms with E-state index in [0.29, 0.717) is 12.5 Å². The Morgan fingerprint density at radius 2 is 2.07 bits per heavy atom. The fourth-order valence-corrected chi connectivity index (χ4v) is 0.859. The number of likely N-dealkylation sites (N-methyl/N-ethyl adjacent to an activating group) is 1. The predicted molar refractivity (Wildman–Crippen MR) is 58.1 cm³/mol. The first-order valence-corrected chi connectivity index (χ1v) is 5.01. The zero-order chi connectivity index (χ0) is 10.8. The first-order valence-electron chi connectivity index (χ1n) is 5.01. The van der Waals surface area contributed by atoms with Crippen LogP contribution in [0.25, 0.3) is 0 Å². The average Bonchev–Trinajstić information content (AvgIpc) is 2.16. The number of nitrogens with two attached hydrogens (primary N) is 1. The minimum Gasteiger partial charge on any atom is -0.370 e. The van der Waals surface area contributed by atoms with Gasteiger partial charge < -0.3 is 16.4 Å². The summed E-state index contributed by atoms with van der Waals surface area (Å²) in [4.78, 5) is 14.9. The van der Waals surface area contributed by atoms with E-state index in [-0.39, 0.29) is 12.5 Å². The van der Waals surface area contributed by atoms with Crippen LogP contribution >= 0.6 is 0 Å². The van der Waals surface area contributed by atoms with E-state index in [4.69, 9.17) is 5.73 Å². The van der Waals surface area contributed by atoms with Gasteiger partial charge in [0.2, 0.25) is 5.91 Å². The minimum atomic E-state index is -0.104. The van der Waals surface area contributed by atoms with Gasteiger partial charge in [0.1, 0.15) is 6.54 Å². The quantitative estimate of drug-likeness (QED) is 0.316. The van der Waals surface area contributed by atoms with Crippen molar-refractivity contribution in [3.63, 3.8) is 0 Å². The van der Waals surface area contributed by atoms with Crippen LogP contribution in [0, 0.1) is 0 Å². The highest BCUT2D eigenvalue weighted by atomic mass is 16.1. The third kappa shape index (κ3) is 7.39. The Kier molecular flexibility index (Phi) is 7.59. The van der Waals surface area contributed by atoms with Gasteiger partial charge in [0.25, 0.3) is 0 Å². The van der Waals surface area contributed by atoms with Crippen molar-refractivity contribution in [3.8, 4) is 0 Å². The van der Waals surface area contributed by atoms with Crippen molar-refractivity contribution in [3.05, 3.63) is 0 Å². The van der Waals surface area contributed by atoms with Crippen molar-refractivity contribution in [2.75, 3.05) is 19.6 Å². The summed E-state index contributed by atoms with van der Waals surface area (Å²) in [5, 5.41) is 5.57. The first kappa shape index (κ1) is 12.7. The van der Waals surface area contributed by atoms with Crippen LogP contribution in [0.15, 0.2) is 4.99 Å². The molecule has 0 aliphatic carbocycles. The molecule has 0 fully saturated rings. The van der Waals surface area contributed by atoms with Gasteiger partial charge in [0, 0.05) is 13.1 Å².